The zero-order chi connectivity index (χ0) is 34.2. The van der Waals surface area contributed by atoms with E-state index in [1.807, 2.05) is 6.92 Å². The summed E-state index contributed by atoms with van der Waals surface area (Å²) in [6, 6.07) is 0. The molecule has 16 atom stereocenters. The van der Waals surface area contributed by atoms with Gasteiger partial charge in [-0.1, -0.05) is 13.8 Å². The first kappa shape index (κ1) is 34.9. The Morgan fingerprint density at radius 2 is 1.69 bits per heavy atom. The van der Waals surface area contributed by atoms with Crippen LogP contribution in [0.1, 0.15) is 85.0 Å². The van der Waals surface area contributed by atoms with Crippen molar-refractivity contribution in [2.45, 2.75) is 146 Å². The van der Waals surface area contributed by atoms with Crippen molar-refractivity contribution < 1.29 is 58.4 Å². The van der Waals surface area contributed by atoms with Gasteiger partial charge >= 0.3 is 5.97 Å². The number of ether oxygens (including phenoxy) is 6. The monoisotopic (exact) mass is 678 g/mol. The summed E-state index contributed by atoms with van der Waals surface area (Å²) < 4.78 is 35.6. The maximum atomic E-state index is 14.5. The number of methoxy groups -OCH3 is 1. The first-order valence-electron chi connectivity index (χ1n) is 18.1. The number of cyclic esters (lactones) is 1. The van der Waals surface area contributed by atoms with E-state index in [0.717, 1.165) is 63.4 Å². The Morgan fingerprint density at radius 1 is 0.917 bits per heavy atom. The minimum Gasteiger partial charge on any atom is -0.458 e. The topological polar surface area (TPSA) is 170 Å². The Balaban J connectivity index is 0.980. The molecule has 0 aromatic rings. The third-order valence-corrected chi connectivity index (χ3v) is 14.0. The van der Waals surface area contributed by atoms with Crippen LogP contribution in [0.4, 0.5) is 0 Å². The highest BCUT2D eigenvalue weighted by atomic mass is 16.7. The molecule has 3 aliphatic heterocycles. The SMILES string of the molecule is COC1CC(OC2CCC3(C)C(CCC45CCC(C6=CC(=O)OC6)C(C)(CCC43)C5=O)C2)OC(C)C1OC1OC(CO)C(O)C(O)C1O. The summed E-state index contributed by atoms with van der Waals surface area (Å²) >= 11 is 0. The standard InChI is InChI=1S/C36H54O12/c1-18-31(48-32-30(41)29(40)28(39)24(16-37)47-32)23(43-4)15-27(45-18)46-21-6-9-34(2)20(14-21)5-11-36-12-7-22(19-13-26(38)44-17-19)35(3,33(36)42)10-8-25(34)36/h13,18,20-25,27-32,37,39-41H,5-12,14-17H2,1-4H3. The lowest BCUT2D eigenvalue weighted by Gasteiger charge is -2.66. The molecule has 0 radical (unpaired) electrons. The molecule has 270 valence electrons. The maximum Gasteiger partial charge on any atom is 0.331 e. The minimum atomic E-state index is -1.53. The van der Waals surface area contributed by atoms with E-state index < -0.39 is 67.3 Å². The van der Waals surface area contributed by atoms with Crippen molar-refractivity contribution in [3.05, 3.63) is 11.6 Å². The molecule has 48 heavy (non-hydrogen) atoms. The average Bonchev–Trinajstić information content (AvgIpc) is 3.49. The number of carbonyl (C=O) groups excluding carboxylic acids is 2. The lowest BCUT2D eigenvalue weighted by molar-refractivity contribution is -0.345. The molecular weight excluding hydrogens is 624 g/mol. The molecule has 0 aromatic heterocycles. The first-order valence-corrected chi connectivity index (χ1v) is 18.1. The third-order valence-electron chi connectivity index (χ3n) is 14.0. The van der Waals surface area contributed by atoms with Gasteiger partial charge in [-0.05, 0) is 93.5 Å². The first-order chi connectivity index (χ1) is 22.8. The lowest BCUT2D eigenvalue weighted by atomic mass is 9.37. The molecule has 4 N–H and O–H groups in total. The molecule has 0 amide bonds. The van der Waals surface area contributed by atoms with E-state index in [9.17, 15) is 30.0 Å². The molecule has 4 aliphatic carbocycles. The van der Waals surface area contributed by atoms with Crippen LogP contribution in [0.5, 0.6) is 0 Å². The quantitative estimate of drug-likeness (QED) is 0.229. The van der Waals surface area contributed by atoms with Crippen LogP contribution >= 0.6 is 0 Å². The van der Waals surface area contributed by atoms with Gasteiger partial charge in [-0.3, -0.25) is 4.79 Å². The number of carbonyl (C=O) groups is 2. The van der Waals surface area contributed by atoms with Gasteiger partial charge in [-0.25, -0.2) is 4.79 Å². The van der Waals surface area contributed by atoms with Crippen molar-refractivity contribution in [1.82, 2.24) is 0 Å². The predicted molar refractivity (Wildman–Crippen MR) is 168 cm³/mol. The smallest absolute Gasteiger partial charge is 0.331 e. The predicted octanol–water partition coefficient (Wildman–Crippen LogP) is 2.17. The zero-order valence-electron chi connectivity index (χ0n) is 28.6. The van der Waals surface area contributed by atoms with Crippen molar-refractivity contribution >= 4 is 11.8 Å². The molecule has 2 bridgehead atoms. The average molecular weight is 679 g/mol. The molecule has 6 fully saturated rings. The third kappa shape index (κ3) is 5.53. The van der Waals surface area contributed by atoms with Crippen LogP contribution in [0, 0.1) is 34.0 Å². The highest BCUT2D eigenvalue weighted by Gasteiger charge is 2.68. The van der Waals surface area contributed by atoms with E-state index in [4.69, 9.17) is 28.4 Å². The van der Waals surface area contributed by atoms with Gasteiger partial charge in [-0.2, -0.15) is 0 Å². The summed E-state index contributed by atoms with van der Waals surface area (Å²) in [6.07, 6.45) is 1.50. The van der Waals surface area contributed by atoms with Crippen LogP contribution in [0.2, 0.25) is 0 Å². The summed E-state index contributed by atoms with van der Waals surface area (Å²) in [5.41, 5.74) is 0.350. The van der Waals surface area contributed by atoms with Crippen molar-refractivity contribution in [2.75, 3.05) is 20.3 Å². The fraction of sp³-hybridized carbons (Fsp3) is 0.889. The van der Waals surface area contributed by atoms with Crippen LogP contribution in [0.3, 0.4) is 0 Å². The second-order valence-corrected chi connectivity index (χ2v) is 16.3. The van der Waals surface area contributed by atoms with Gasteiger partial charge in [0.05, 0.1) is 24.9 Å². The highest BCUT2D eigenvalue weighted by Crippen LogP contribution is 2.70. The lowest BCUT2D eigenvalue weighted by Crippen LogP contribution is -2.64. The number of fused-ring (bicyclic) bond motifs is 3. The number of hydrogen-bond donors (Lipinski definition) is 4. The maximum absolute atomic E-state index is 14.5. The number of rotatable bonds is 7. The van der Waals surface area contributed by atoms with E-state index in [-0.39, 0.29) is 28.8 Å². The van der Waals surface area contributed by atoms with E-state index >= 15 is 0 Å². The summed E-state index contributed by atoms with van der Waals surface area (Å²) in [6.45, 7) is 6.20. The molecule has 7 aliphatic rings. The number of ketones is 1. The molecule has 2 saturated heterocycles. The molecule has 16 unspecified atom stereocenters. The van der Waals surface area contributed by atoms with E-state index in [0.29, 0.717) is 30.6 Å². The van der Waals surface area contributed by atoms with E-state index in [2.05, 4.69) is 13.8 Å². The van der Waals surface area contributed by atoms with Crippen LogP contribution in [-0.2, 0) is 38.0 Å². The molecule has 7 rings (SSSR count). The Bertz CT molecular complexity index is 1270. The fourth-order valence-corrected chi connectivity index (χ4v) is 11.4. The van der Waals surface area contributed by atoms with Crippen LogP contribution in [-0.4, -0.2) is 114 Å². The number of Topliss-reactive ketones (excluding diaryl/α,β-unsaturated/α-hetero) is 1. The minimum absolute atomic E-state index is 0.0156. The molecule has 1 spiro atoms. The summed E-state index contributed by atoms with van der Waals surface area (Å²) in [5.74, 6) is 1.04. The second kappa shape index (κ2) is 12.9. The second-order valence-electron chi connectivity index (χ2n) is 16.3. The Kier molecular flexibility index (Phi) is 9.42. The molecule has 3 heterocycles. The summed E-state index contributed by atoms with van der Waals surface area (Å²) in [7, 11) is 1.58. The van der Waals surface area contributed by atoms with Crippen molar-refractivity contribution in [1.29, 1.82) is 0 Å². The summed E-state index contributed by atoms with van der Waals surface area (Å²) in [4.78, 5) is 26.4. The zero-order valence-corrected chi connectivity index (χ0v) is 28.6. The molecule has 4 saturated carbocycles. The van der Waals surface area contributed by atoms with Gasteiger partial charge in [0.1, 0.15) is 42.9 Å². The van der Waals surface area contributed by atoms with Gasteiger partial charge in [0.15, 0.2) is 12.6 Å². The number of aliphatic hydroxyl groups is 4. The van der Waals surface area contributed by atoms with Crippen LogP contribution in [0.25, 0.3) is 0 Å². The van der Waals surface area contributed by atoms with Crippen molar-refractivity contribution in [3.63, 3.8) is 0 Å². The number of esters is 1. The fourth-order valence-electron chi connectivity index (χ4n) is 11.4. The van der Waals surface area contributed by atoms with Crippen LogP contribution < -0.4 is 0 Å². The molecule has 12 nitrogen and oxygen atoms in total. The van der Waals surface area contributed by atoms with Gasteiger partial charge in [0.2, 0.25) is 0 Å². The Hall–Kier alpha value is -1.48. The summed E-state index contributed by atoms with van der Waals surface area (Å²) in [5, 5.41) is 40.4. The molecular formula is C36H54O12. The number of aliphatic hydroxyl groups excluding tert-OH is 4. The van der Waals surface area contributed by atoms with Gasteiger partial charge in [0, 0.05) is 30.4 Å². The van der Waals surface area contributed by atoms with Gasteiger partial charge in [-0.15, -0.1) is 0 Å². The normalized spacial score (nSPS) is 52.2. The largest absolute Gasteiger partial charge is 0.458 e. The molecule has 12 heteroatoms. The Morgan fingerprint density at radius 3 is 2.40 bits per heavy atom. The van der Waals surface area contributed by atoms with Gasteiger partial charge < -0.3 is 48.8 Å². The van der Waals surface area contributed by atoms with Gasteiger partial charge in [0.25, 0.3) is 0 Å². The van der Waals surface area contributed by atoms with E-state index in [1.165, 1.54) is 0 Å². The highest BCUT2D eigenvalue weighted by molar-refractivity contribution is 5.93. The van der Waals surface area contributed by atoms with Crippen molar-refractivity contribution in [2.24, 2.45) is 34.0 Å². The van der Waals surface area contributed by atoms with Crippen LogP contribution in [0.15, 0.2) is 11.6 Å². The molecule has 0 aromatic carbocycles. The Labute approximate surface area is 282 Å². The van der Waals surface area contributed by atoms with E-state index in [1.54, 1.807) is 13.2 Å². The van der Waals surface area contributed by atoms with Crippen molar-refractivity contribution in [3.8, 4) is 0 Å². The number of hydrogen-bond acceptors (Lipinski definition) is 12.